The monoisotopic (exact) mass is 214 g/mol. The van der Waals surface area contributed by atoms with Crippen molar-refractivity contribution in [2.75, 3.05) is 14.1 Å². The van der Waals surface area contributed by atoms with Crippen LogP contribution in [0, 0.1) is 11.3 Å². The Morgan fingerprint density at radius 1 is 1.62 bits per heavy atom. The second kappa shape index (κ2) is 4.61. The van der Waals surface area contributed by atoms with Crippen molar-refractivity contribution in [1.29, 1.82) is 5.26 Å². The summed E-state index contributed by atoms with van der Waals surface area (Å²) in [7, 11) is 3.94. The van der Waals surface area contributed by atoms with Crippen LogP contribution in [-0.2, 0) is 0 Å². The lowest BCUT2D eigenvalue weighted by Crippen LogP contribution is -2.18. The molecule has 0 saturated carbocycles. The Labute approximate surface area is 87.4 Å². The molecule has 1 heterocycles. The molecule has 4 heteroatoms. The minimum atomic E-state index is 0.169. The van der Waals surface area contributed by atoms with Gasteiger partial charge in [-0.2, -0.15) is 5.26 Å². The molecule has 0 aliphatic carbocycles. The third kappa shape index (κ3) is 2.70. The summed E-state index contributed by atoms with van der Waals surface area (Å²) in [5, 5.41) is 8.65. The maximum atomic E-state index is 8.65. The summed E-state index contributed by atoms with van der Waals surface area (Å²) < 4.78 is 0.778. The van der Waals surface area contributed by atoms with Crippen LogP contribution >= 0.6 is 22.9 Å². The van der Waals surface area contributed by atoms with Gasteiger partial charge in [0, 0.05) is 4.88 Å². The van der Waals surface area contributed by atoms with Gasteiger partial charge in [0.2, 0.25) is 0 Å². The molecule has 0 spiro atoms. The van der Waals surface area contributed by atoms with Gasteiger partial charge in [0.25, 0.3) is 0 Å². The molecule has 1 aromatic heterocycles. The van der Waals surface area contributed by atoms with Gasteiger partial charge in [-0.05, 0) is 26.2 Å². The highest BCUT2D eigenvalue weighted by Crippen LogP contribution is 2.30. The molecule has 0 aromatic carbocycles. The normalized spacial score (nSPS) is 12.8. The van der Waals surface area contributed by atoms with Gasteiger partial charge in [-0.1, -0.05) is 11.6 Å². The second-order valence-corrected chi connectivity index (χ2v) is 4.73. The molecule has 2 nitrogen and oxygen atoms in total. The lowest BCUT2D eigenvalue weighted by Gasteiger charge is -2.19. The van der Waals surface area contributed by atoms with Gasteiger partial charge < -0.3 is 4.90 Å². The van der Waals surface area contributed by atoms with Crippen molar-refractivity contribution in [3.63, 3.8) is 0 Å². The largest absolute Gasteiger partial charge is 0.301 e. The molecule has 1 atom stereocenters. The first-order valence-corrected chi connectivity index (χ1v) is 5.13. The van der Waals surface area contributed by atoms with E-state index in [0.29, 0.717) is 6.42 Å². The summed E-state index contributed by atoms with van der Waals surface area (Å²) >= 11 is 7.36. The topological polar surface area (TPSA) is 27.0 Å². The third-order valence-electron chi connectivity index (χ3n) is 1.83. The molecular formula is C9H11ClN2S. The van der Waals surface area contributed by atoms with E-state index in [0.717, 1.165) is 9.21 Å². The van der Waals surface area contributed by atoms with E-state index >= 15 is 0 Å². The van der Waals surface area contributed by atoms with Crippen LogP contribution in [0.25, 0.3) is 0 Å². The zero-order valence-corrected chi connectivity index (χ0v) is 9.19. The number of nitrogens with zero attached hydrogens (tertiary/aromatic N) is 2. The standard InChI is InChI=1S/C9H11ClN2S/c1-12(2)7(5-6-11)8-3-4-9(10)13-8/h3-4,7H,5H2,1-2H3. The fourth-order valence-corrected chi connectivity index (χ4v) is 2.39. The Morgan fingerprint density at radius 3 is 2.69 bits per heavy atom. The van der Waals surface area contributed by atoms with E-state index in [1.807, 2.05) is 31.1 Å². The third-order valence-corrected chi connectivity index (χ3v) is 3.16. The van der Waals surface area contributed by atoms with Crippen molar-refractivity contribution in [2.45, 2.75) is 12.5 Å². The van der Waals surface area contributed by atoms with E-state index in [4.69, 9.17) is 16.9 Å². The van der Waals surface area contributed by atoms with Gasteiger partial charge in [0.05, 0.1) is 22.9 Å². The highest BCUT2D eigenvalue weighted by atomic mass is 35.5. The predicted molar refractivity (Wildman–Crippen MR) is 56.0 cm³/mol. The Balaban J connectivity index is 2.83. The smallest absolute Gasteiger partial charge is 0.0931 e. The number of thiophene rings is 1. The maximum Gasteiger partial charge on any atom is 0.0931 e. The van der Waals surface area contributed by atoms with Crippen LogP contribution in [0.15, 0.2) is 12.1 Å². The first-order chi connectivity index (χ1) is 6.15. The average Bonchev–Trinajstić information content (AvgIpc) is 2.46. The molecule has 0 amide bonds. The van der Waals surface area contributed by atoms with Crippen LogP contribution < -0.4 is 0 Å². The molecule has 70 valence electrons. The van der Waals surface area contributed by atoms with Gasteiger partial charge in [-0.15, -0.1) is 11.3 Å². The van der Waals surface area contributed by atoms with Gasteiger partial charge >= 0.3 is 0 Å². The Bertz CT molecular complexity index is 314. The highest BCUT2D eigenvalue weighted by molar-refractivity contribution is 7.16. The van der Waals surface area contributed by atoms with Crippen LogP contribution in [-0.4, -0.2) is 19.0 Å². The average molecular weight is 215 g/mol. The number of hydrogen-bond acceptors (Lipinski definition) is 3. The van der Waals surface area contributed by atoms with E-state index in [1.54, 1.807) is 0 Å². The fourth-order valence-electron chi connectivity index (χ4n) is 1.13. The van der Waals surface area contributed by atoms with Gasteiger partial charge in [0.1, 0.15) is 0 Å². The van der Waals surface area contributed by atoms with Crippen molar-refractivity contribution < 1.29 is 0 Å². The summed E-state index contributed by atoms with van der Waals surface area (Å²) in [4.78, 5) is 3.18. The predicted octanol–water partition coefficient (Wildman–Crippen LogP) is 2.92. The SMILES string of the molecule is CN(C)C(CC#N)c1ccc(Cl)s1. The Kier molecular flexibility index (Phi) is 3.73. The molecule has 0 saturated heterocycles. The van der Waals surface area contributed by atoms with Gasteiger partial charge in [-0.25, -0.2) is 0 Å². The van der Waals surface area contributed by atoms with Crippen molar-refractivity contribution in [3.05, 3.63) is 21.3 Å². The number of rotatable bonds is 3. The van der Waals surface area contributed by atoms with E-state index < -0.39 is 0 Å². The fraction of sp³-hybridized carbons (Fsp3) is 0.444. The van der Waals surface area contributed by atoms with Gasteiger partial charge in [-0.3, -0.25) is 0 Å². The van der Waals surface area contributed by atoms with Crippen molar-refractivity contribution in [1.82, 2.24) is 4.90 Å². The van der Waals surface area contributed by atoms with Crippen molar-refractivity contribution in [2.24, 2.45) is 0 Å². The Morgan fingerprint density at radius 2 is 2.31 bits per heavy atom. The molecule has 0 aliphatic rings. The summed E-state index contributed by atoms with van der Waals surface area (Å²) in [6.07, 6.45) is 0.504. The van der Waals surface area contributed by atoms with Crippen molar-refractivity contribution in [3.8, 4) is 6.07 Å². The first-order valence-electron chi connectivity index (χ1n) is 3.93. The minimum Gasteiger partial charge on any atom is -0.301 e. The quantitative estimate of drug-likeness (QED) is 0.774. The summed E-state index contributed by atoms with van der Waals surface area (Å²) in [6.45, 7) is 0. The van der Waals surface area contributed by atoms with Crippen LogP contribution in [0.1, 0.15) is 17.3 Å². The van der Waals surface area contributed by atoms with Crippen LogP contribution in [0.5, 0.6) is 0 Å². The number of nitriles is 1. The van der Waals surface area contributed by atoms with Crippen molar-refractivity contribution >= 4 is 22.9 Å². The molecule has 0 radical (unpaired) electrons. The Hall–Kier alpha value is -0.560. The second-order valence-electron chi connectivity index (χ2n) is 2.98. The molecular weight excluding hydrogens is 204 g/mol. The minimum absolute atomic E-state index is 0.169. The molecule has 1 aromatic rings. The molecule has 0 aliphatic heterocycles. The molecule has 0 bridgehead atoms. The van der Waals surface area contributed by atoms with Crippen LogP contribution in [0.3, 0.4) is 0 Å². The van der Waals surface area contributed by atoms with Crippen LogP contribution in [0.4, 0.5) is 0 Å². The molecule has 0 fully saturated rings. The maximum absolute atomic E-state index is 8.65. The van der Waals surface area contributed by atoms with E-state index in [-0.39, 0.29) is 6.04 Å². The molecule has 0 N–H and O–H groups in total. The number of halogens is 1. The summed E-state index contributed by atoms with van der Waals surface area (Å²) in [5.41, 5.74) is 0. The van der Waals surface area contributed by atoms with Crippen LogP contribution in [0.2, 0.25) is 4.34 Å². The van der Waals surface area contributed by atoms with E-state index in [2.05, 4.69) is 6.07 Å². The highest BCUT2D eigenvalue weighted by Gasteiger charge is 2.15. The molecule has 13 heavy (non-hydrogen) atoms. The summed E-state index contributed by atoms with van der Waals surface area (Å²) in [6, 6.07) is 6.20. The molecule has 1 rings (SSSR count). The zero-order valence-electron chi connectivity index (χ0n) is 7.62. The lowest BCUT2D eigenvalue weighted by molar-refractivity contribution is 0.308. The lowest BCUT2D eigenvalue weighted by atomic mass is 10.2. The number of hydrogen-bond donors (Lipinski definition) is 0. The molecule has 1 unspecified atom stereocenters. The van der Waals surface area contributed by atoms with Gasteiger partial charge in [0.15, 0.2) is 0 Å². The summed E-state index contributed by atoms with van der Waals surface area (Å²) in [5.74, 6) is 0. The van der Waals surface area contributed by atoms with E-state index in [1.165, 1.54) is 11.3 Å². The van der Waals surface area contributed by atoms with E-state index in [9.17, 15) is 0 Å². The zero-order chi connectivity index (χ0) is 9.84. The first kappa shape index (κ1) is 10.5.